The Hall–Kier alpha value is -2.75. The molecule has 10 heteroatoms. The van der Waals surface area contributed by atoms with Gasteiger partial charge in [-0.15, -0.1) is 5.10 Å². The molecule has 0 spiro atoms. The van der Waals surface area contributed by atoms with E-state index in [1.807, 2.05) is 0 Å². The molecule has 1 fully saturated rings. The highest BCUT2D eigenvalue weighted by molar-refractivity contribution is 7.92. The number of benzene rings is 1. The summed E-state index contributed by atoms with van der Waals surface area (Å²) >= 11 is 0. The van der Waals surface area contributed by atoms with E-state index in [1.54, 1.807) is 0 Å². The monoisotopic (exact) mass is 392 g/mol. The van der Waals surface area contributed by atoms with Crippen LogP contribution in [0, 0.1) is 0 Å². The first-order valence-corrected chi connectivity index (χ1v) is 10.1. The van der Waals surface area contributed by atoms with Gasteiger partial charge in [-0.05, 0) is 37.1 Å². The first kappa shape index (κ1) is 19.0. The van der Waals surface area contributed by atoms with Crippen molar-refractivity contribution in [3.63, 3.8) is 0 Å². The highest BCUT2D eigenvalue weighted by Gasteiger charge is 2.30. The number of nitrogens with one attached hydrogen (secondary N) is 1. The predicted molar refractivity (Wildman–Crippen MR) is 94.7 cm³/mol. The minimum absolute atomic E-state index is 0.0839. The number of aromatic nitrogens is 3. The van der Waals surface area contributed by atoms with Gasteiger partial charge in [0.05, 0.1) is 22.9 Å². The summed E-state index contributed by atoms with van der Waals surface area (Å²) in [5.41, 5.74) is 0.753. The van der Waals surface area contributed by atoms with Crippen LogP contribution in [0.2, 0.25) is 0 Å². The number of nitrogens with zero attached hydrogens (tertiary/aromatic N) is 3. The third-order valence-electron chi connectivity index (χ3n) is 4.50. The zero-order valence-electron chi connectivity index (χ0n) is 14.5. The second kappa shape index (κ2) is 7.87. The standard InChI is InChI=1S/C17H20N4O5S/c22-16(23)11-21-10-13(19-20-21)9-18-17(24)12-5-7-15(8-6-12)27(25,26)14-3-1-2-4-14/h5-8,10,14H,1-4,9,11H2,(H,18,24)(H,22,23). The number of amides is 1. The number of sulfone groups is 1. The molecule has 1 aliphatic rings. The Labute approximate surface area is 156 Å². The van der Waals surface area contributed by atoms with Crippen LogP contribution in [0.3, 0.4) is 0 Å². The van der Waals surface area contributed by atoms with Crippen LogP contribution in [0.25, 0.3) is 0 Å². The largest absolute Gasteiger partial charge is 0.480 e. The SMILES string of the molecule is O=C(O)Cn1cc(CNC(=O)c2ccc(S(=O)(=O)C3CCCC3)cc2)nn1. The average molecular weight is 392 g/mol. The Kier molecular flexibility index (Phi) is 5.54. The fourth-order valence-corrected chi connectivity index (χ4v) is 4.95. The zero-order valence-corrected chi connectivity index (χ0v) is 15.4. The van der Waals surface area contributed by atoms with E-state index in [-0.39, 0.29) is 29.1 Å². The highest BCUT2D eigenvalue weighted by atomic mass is 32.2. The van der Waals surface area contributed by atoms with Gasteiger partial charge < -0.3 is 10.4 Å². The van der Waals surface area contributed by atoms with E-state index in [0.29, 0.717) is 24.1 Å². The lowest BCUT2D eigenvalue weighted by atomic mass is 10.2. The molecule has 144 valence electrons. The number of carbonyl (C=O) groups is 2. The van der Waals surface area contributed by atoms with Gasteiger partial charge in [0.1, 0.15) is 12.2 Å². The lowest BCUT2D eigenvalue weighted by Gasteiger charge is -2.11. The average Bonchev–Trinajstić information content (AvgIpc) is 3.31. The van der Waals surface area contributed by atoms with Gasteiger partial charge in [0.15, 0.2) is 9.84 Å². The second-order valence-corrected chi connectivity index (χ2v) is 8.69. The van der Waals surface area contributed by atoms with E-state index in [9.17, 15) is 18.0 Å². The molecule has 27 heavy (non-hydrogen) atoms. The molecule has 9 nitrogen and oxygen atoms in total. The van der Waals surface area contributed by atoms with Crippen LogP contribution in [-0.2, 0) is 27.7 Å². The van der Waals surface area contributed by atoms with Gasteiger partial charge in [-0.3, -0.25) is 9.59 Å². The molecule has 2 aromatic rings. The van der Waals surface area contributed by atoms with Crippen molar-refractivity contribution in [1.29, 1.82) is 0 Å². The quantitative estimate of drug-likeness (QED) is 0.719. The molecule has 1 heterocycles. The molecule has 0 aliphatic heterocycles. The number of carbonyl (C=O) groups excluding carboxylic acids is 1. The van der Waals surface area contributed by atoms with Crippen LogP contribution in [0.5, 0.6) is 0 Å². The fourth-order valence-electron chi connectivity index (χ4n) is 3.10. The van der Waals surface area contributed by atoms with Crippen molar-refractivity contribution in [2.45, 2.75) is 48.9 Å². The number of hydrogen-bond acceptors (Lipinski definition) is 6. The fraction of sp³-hybridized carbons (Fsp3) is 0.412. The molecule has 0 atom stereocenters. The topological polar surface area (TPSA) is 131 Å². The van der Waals surface area contributed by atoms with Gasteiger partial charge in [0.2, 0.25) is 0 Å². The number of hydrogen-bond donors (Lipinski definition) is 2. The lowest BCUT2D eigenvalue weighted by molar-refractivity contribution is -0.137. The van der Waals surface area contributed by atoms with Crippen molar-refractivity contribution >= 4 is 21.7 Å². The molecule has 0 radical (unpaired) electrons. The van der Waals surface area contributed by atoms with Gasteiger partial charge >= 0.3 is 5.97 Å². The molecule has 1 amide bonds. The number of carboxylic acid groups (broad SMARTS) is 1. The Morgan fingerprint density at radius 1 is 1.19 bits per heavy atom. The third kappa shape index (κ3) is 4.51. The van der Waals surface area contributed by atoms with E-state index in [0.717, 1.165) is 17.5 Å². The Bertz CT molecular complexity index is 930. The minimum atomic E-state index is -3.34. The first-order chi connectivity index (χ1) is 12.9. The normalized spacial score (nSPS) is 15.0. The van der Waals surface area contributed by atoms with Gasteiger partial charge in [-0.1, -0.05) is 18.1 Å². The second-order valence-electron chi connectivity index (χ2n) is 6.46. The first-order valence-electron chi connectivity index (χ1n) is 8.59. The molecule has 0 saturated heterocycles. The van der Waals surface area contributed by atoms with E-state index in [1.165, 1.54) is 30.5 Å². The number of carboxylic acids is 1. The Morgan fingerprint density at radius 3 is 2.48 bits per heavy atom. The lowest BCUT2D eigenvalue weighted by Crippen LogP contribution is -2.23. The van der Waals surface area contributed by atoms with Gasteiger partial charge in [-0.25, -0.2) is 13.1 Å². The molecule has 1 saturated carbocycles. The van der Waals surface area contributed by atoms with Crippen LogP contribution in [0.15, 0.2) is 35.4 Å². The van der Waals surface area contributed by atoms with E-state index >= 15 is 0 Å². The van der Waals surface area contributed by atoms with Gasteiger partial charge in [0.25, 0.3) is 5.91 Å². The molecular formula is C17H20N4O5S. The minimum Gasteiger partial charge on any atom is -0.480 e. The summed E-state index contributed by atoms with van der Waals surface area (Å²) in [6, 6.07) is 5.90. The van der Waals surface area contributed by atoms with Crippen LogP contribution in [-0.4, -0.2) is 45.6 Å². The molecular weight excluding hydrogens is 372 g/mol. The maximum atomic E-state index is 12.5. The van der Waals surface area contributed by atoms with Crippen molar-refractivity contribution in [2.24, 2.45) is 0 Å². The number of rotatable bonds is 7. The third-order valence-corrected chi connectivity index (χ3v) is 6.78. The van der Waals surface area contributed by atoms with Gasteiger partial charge in [0, 0.05) is 5.56 Å². The summed E-state index contributed by atoms with van der Waals surface area (Å²) < 4.78 is 26.2. The molecule has 1 aromatic carbocycles. The van der Waals surface area contributed by atoms with Crippen molar-refractivity contribution < 1.29 is 23.1 Å². The van der Waals surface area contributed by atoms with Crippen LogP contribution in [0.4, 0.5) is 0 Å². The predicted octanol–water partition coefficient (Wildman–Crippen LogP) is 1.01. The zero-order chi connectivity index (χ0) is 19.4. The smallest absolute Gasteiger partial charge is 0.325 e. The summed E-state index contributed by atoms with van der Waals surface area (Å²) in [6.07, 6.45) is 4.68. The molecule has 2 N–H and O–H groups in total. The molecule has 1 aliphatic carbocycles. The van der Waals surface area contributed by atoms with E-state index in [2.05, 4.69) is 15.6 Å². The van der Waals surface area contributed by atoms with E-state index < -0.39 is 15.8 Å². The van der Waals surface area contributed by atoms with Crippen LogP contribution < -0.4 is 5.32 Å². The molecule has 1 aromatic heterocycles. The van der Waals surface area contributed by atoms with Crippen molar-refractivity contribution in [1.82, 2.24) is 20.3 Å². The number of aliphatic carboxylic acids is 1. The maximum Gasteiger partial charge on any atom is 0.325 e. The van der Waals surface area contributed by atoms with E-state index in [4.69, 9.17) is 5.11 Å². The maximum absolute atomic E-state index is 12.5. The molecule has 0 unspecified atom stereocenters. The highest BCUT2D eigenvalue weighted by Crippen LogP contribution is 2.29. The van der Waals surface area contributed by atoms with Gasteiger partial charge in [-0.2, -0.15) is 0 Å². The summed E-state index contributed by atoms with van der Waals surface area (Å²) in [5, 5.41) is 18.4. The summed E-state index contributed by atoms with van der Waals surface area (Å²) in [5.74, 6) is -1.42. The molecule has 0 bridgehead atoms. The Morgan fingerprint density at radius 2 is 1.85 bits per heavy atom. The van der Waals surface area contributed by atoms with Crippen LogP contribution >= 0.6 is 0 Å². The summed E-state index contributed by atoms with van der Waals surface area (Å²) in [4.78, 5) is 23.1. The Balaban J connectivity index is 1.60. The van der Waals surface area contributed by atoms with Crippen molar-refractivity contribution in [2.75, 3.05) is 0 Å². The van der Waals surface area contributed by atoms with Crippen molar-refractivity contribution in [3.8, 4) is 0 Å². The van der Waals surface area contributed by atoms with Crippen LogP contribution in [0.1, 0.15) is 41.7 Å². The van der Waals surface area contributed by atoms with Crippen molar-refractivity contribution in [3.05, 3.63) is 41.7 Å². The summed E-state index contributed by atoms with van der Waals surface area (Å²) in [7, 11) is -3.34. The molecule has 3 rings (SSSR count). The summed E-state index contributed by atoms with van der Waals surface area (Å²) in [6.45, 7) is -0.224.